The Labute approximate surface area is 145 Å². The summed E-state index contributed by atoms with van der Waals surface area (Å²) in [5.74, 6) is -1.99. The SMILES string of the molecule is CC(=O)OC[C@H]1O[C@@H](n2cc([N+](=O)[O-])c(N)nc2=O)[C@@H](O)[C@@H]1OC(C)=O. The summed E-state index contributed by atoms with van der Waals surface area (Å²) in [4.78, 5) is 47.7. The number of carbonyl (C=O) groups is 2. The highest BCUT2D eigenvalue weighted by Crippen LogP contribution is 2.32. The Kier molecular flexibility index (Phi) is 5.52. The highest BCUT2D eigenvalue weighted by Gasteiger charge is 2.48. The lowest BCUT2D eigenvalue weighted by Gasteiger charge is -2.19. The van der Waals surface area contributed by atoms with E-state index in [-0.39, 0.29) is 6.61 Å². The highest BCUT2D eigenvalue weighted by atomic mass is 16.6. The number of nitrogens with two attached hydrogens (primary N) is 1. The van der Waals surface area contributed by atoms with E-state index < -0.39 is 58.6 Å². The molecule has 0 saturated carbocycles. The van der Waals surface area contributed by atoms with E-state index in [2.05, 4.69) is 4.98 Å². The van der Waals surface area contributed by atoms with Crippen molar-refractivity contribution in [1.82, 2.24) is 9.55 Å². The van der Waals surface area contributed by atoms with Crippen LogP contribution in [0.3, 0.4) is 0 Å². The summed E-state index contributed by atoms with van der Waals surface area (Å²) < 4.78 is 15.8. The second-order valence-electron chi connectivity index (χ2n) is 5.39. The topological polar surface area (TPSA) is 186 Å². The van der Waals surface area contributed by atoms with Crippen LogP contribution in [0.15, 0.2) is 11.0 Å². The number of aliphatic hydroxyl groups excluding tert-OH is 1. The van der Waals surface area contributed by atoms with Crippen molar-refractivity contribution >= 4 is 23.4 Å². The molecule has 1 aliphatic heterocycles. The molecule has 13 nitrogen and oxygen atoms in total. The molecule has 0 spiro atoms. The molecule has 0 radical (unpaired) electrons. The molecular weight excluding hydrogens is 356 g/mol. The summed E-state index contributed by atoms with van der Waals surface area (Å²) in [5.41, 5.74) is 3.64. The highest BCUT2D eigenvalue weighted by molar-refractivity contribution is 5.66. The summed E-state index contributed by atoms with van der Waals surface area (Å²) in [7, 11) is 0. The van der Waals surface area contributed by atoms with E-state index in [4.69, 9.17) is 19.9 Å². The van der Waals surface area contributed by atoms with Crippen molar-refractivity contribution in [3.63, 3.8) is 0 Å². The maximum Gasteiger partial charge on any atom is 0.352 e. The van der Waals surface area contributed by atoms with Crippen LogP contribution in [0.1, 0.15) is 20.1 Å². The van der Waals surface area contributed by atoms with Gasteiger partial charge in [0.25, 0.3) is 0 Å². The fourth-order valence-electron chi connectivity index (χ4n) is 2.41. The molecule has 1 saturated heterocycles. The fraction of sp³-hybridized carbons (Fsp3) is 0.538. The number of carbonyl (C=O) groups excluding carboxylic acids is 2. The number of aliphatic hydroxyl groups is 1. The Hall–Kier alpha value is -3.06. The zero-order valence-electron chi connectivity index (χ0n) is 13.7. The van der Waals surface area contributed by atoms with Crippen LogP contribution in [0.5, 0.6) is 0 Å². The molecule has 0 aliphatic carbocycles. The van der Waals surface area contributed by atoms with Gasteiger partial charge in [0.15, 0.2) is 12.3 Å². The number of hydrogen-bond donors (Lipinski definition) is 2. The standard InChI is InChI=1S/C13H16N4O9/c1-5(18)24-4-8-10(25-6(2)19)9(20)12(26-8)16-3-7(17(22)23)11(14)15-13(16)21/h3,8-10,12,20H,4H2,1-2H3,(H2,14,15,21)/t8-,9+,10-,12-/m1/s1. The second-order valence-corrected chi connectivity index (χ2v) is 5.39. The summed E-state index contributed by atoms with van der Waals surface area (Å²) in [5, 5.41) is 21.4. The van der Waals surface area contributed by atoms with Gasteiger partial charge in [-0.05, 0) is 0 Å². The molecule has 142 valence electrons. The number of nitrogen functional groups attached to an aromatic ring is 1. The first kappa shape index (κ1) is 19.3. The quantitative estimate of drug-likeness (QED) is 0.347. The van der Waals surface area contributed by atoms with Gasteiger partial charge in [0.1, 0.15) is 18.8 Å². The van der Waals surface area contributed by atoms with Crippen LogP contribution in [0, 0.1) is 10.1 Å². The van der Waals surface area contributed by atoms with E-state index in [0.29, 0.717) is 4.57 Å². The van der Waals surface area contributed by atoms with Crippen LogP contribution in [0.4, 0.5) is 11.5 Å². The van der Waals surface area contributed by atoms with E-state index in [1.807, 2.05) is 0 Å². The van der Waals surface area contributed by atoms with Crippen LogP contribution < -0.4 is 11.4 Å². The first-order valence-electron chi connectivity index (χ1n) is 7.29. The van der Waals surface area contributed by atoms with Gasteiger partial charge < -0.3 is 25.1 Å². The smallest absolute Gasteiger partial charge is 0.352 e. The summed E-state index contributed by atoms with van der Waals surface area (Å²) >= 11 is 0. The zero-order valence-corrected chi connectivity index (χ0v) is 13.7. The average Bonchev–Trinajstić information content (AvgIpc) is 2.81. The van der Waals surface area contributed by atoms with Crippen molar-refractivity contribution in [2.75, 3.05) is 12.3 Å². The number of ether oxygens (including phenoxy) is 3. The van der Waals surface area contributed by atoms with Crippen molar-refractivity contribution in [3.8, 4) is 0 Å². The molecule has 26 heavy (non-hydrogen) atoms. The van der Waals surface area contributed by atoms with E-state index in [0.717, 1.165) is 20.0 Å². The zero-order chi connectivity index (χ0) is 19.6. The first-order chi connectivity index (χ1) is 12.1. The monoisotopic (exact) mass is 372 g/mol. The van der Waals surface area contributed by atoms with Gasteiger partial charge in [-0.15, -0.1) is 0 Å². The van der Waals surface area contributed by atoms with Crippen LogP contribution in [-0.2, 0) is 23.8 Å². The Morgan fingerprint density at radius 3 is 2.65 bits per heavy atom. The molecule has 0 aromatic carbocycles. The Morgan fingerprint density at radius 1 is 1.46 bits per heavy atom. The predicted molar refractivity (Wildman–Crippen MR) is 81.7 cm³/mol. The summed E-state index contributed by atoms with van der Waals surface area (Å²) in [6.07, 6.45) is -4.68. The predicted octanol–water partition coefficient (Wildman–Crippen LogP) is -1.51. The lowest BCUT2D eigenvalue weighted by molar-refractivity contribution is -0.384. The van der Waals surface area contributed by atoms with Gasteiger partial charge in [-0.1, -0.05) is 0 Å². The third-order valence-electron chi connectivity index (χ3n) is 3.49. The molecule has 2 rings (SSSR count). The van der Waals surface area contributed by atoms with Gasteiger partial charge >= 0.3 is 23.3 Å². The second kappa shape index (κ2) is 7.45. The number of nitro groups is 1. The third-order valence-corrected chi connectivity index (χ3v) is 3.49. The molecule has 13 heteroatoms. The van der Waals surface area contributed by atoms with Crippen LogP contribution >= 0.6 is 0 Å². The molecule has 1 aromatic rings. The number of hydrogen-bond acceptors (Lipinski definition) is 11. The molecule has 0 amide bonds. The fourth-order valence-corrected chi connectivity index (χ4v) is 2.41. The summed E-state index contributed by atoms with van der Waals surface area (Å²) in [6.45, 7) is 1.85. The van der Waals surface area contributed by atoms with Crippen molar-refractivity contribution in [3.05, 3.63) is 26.8 Å². The minimum atomic E-state index is -1.58. The molecule has 0 bridgehead atoms. The van der Waals surface area contributed by atoms with Crippen LogP contribution in [0.2, 0.25) is 0 Å². The number of esters is 2. The van der Waals surface area contributed by atoms with Crippen molar-refractivity contribution in [2.45, 2.75) is 38.4 Å². The Balaban J connectivity index is 2.39. The lowest BCUT2D eigenvalue weighted by atomic mass is 10.1. The Bertz CT molecular complexity index is 792. The van der Waals surface area contributed by atoms with Gasteiger partial charge in [0, 0.05) is 13.8 Å². The van der Waals surface area contributed by atoms with E-state index in [1.165, 1.54) is 0 Å². The van der Waals surface area contributed by atoms with Gasteiger partial charge in [-0.3, -0.25) is 24.3 Å². The molecule has 3 N–H and O–H groups in total. The van der Waals surface area contributed by atoms with Crippen LogP contribution in [-0.4, -0.2) is 56.4 Å². The van der Waals surface area contributed by atoms with E-state index >= 15 is 0 Å². The molecule has 1 aliphatic rings. The van der Waals surface area contributed by atoms with E-state index in [9.17, 15) is 29.6 Å². The normalized spacial score (nSPS) is 24.9. The molecule has 1 aromatic heterocycles. The molecule has 2 heterocycles. The van der Waals surface area contributed by atoms with Crippen molar-refractivity contribution < 1.29 is 33.8 Å². The molecule has 0 unspecified atom stereocenters. The lowest BCUT2D eigenvalue weighted by Crippen LogP contribution is -2.39. The molecule has 4 atom stereocenters. The average molecular weight is 372 g/mol. The largest absolute Gasteiger partial charge is 0.463 e. The Morgan fingerprint density at radius 2 is 2.12 bits per heavy atom. The van der Waals surface area contributed by atoms with Gasteiger partial charge in [0.2, 0.25) is 5.82 Å². The number of nitrogens with zero attached hydrogens (tertiary/aromatic N) is 3. The van der Waals surface area contributed by atoms with Gasteiger partial charge in [-0.2, -0.15) is 4.98 Å². The van der Waals surface area contributed by atoms with Crippen molar-refractivity contribution in [1.29, 1.82) is 0 Å². The first-order valence-corrected chi connectivity index (χ1v) is 7.29. The maximum absolute atomic E-state index is 12.0. The molecule has 1 fully saturated rings. The maximum atomic E-state index is 12.0. The third kappa shape index (κ3) is 3.94. The molecular formula is C13H16N4O9. The van der Waals surface area contributed by atoms with Gasteiger partial charge in [-0.25, -0.2) is 4.79 Å². The summed E-state index contributed by atoms with van der Waals surface area (Å²) in [6, 6.07) is 0. The minimum Gasteiger partial charge on any atom is -0.463 e. The number of aromatic nitrogens is 2. The minimum absolute atomic E-state index is 0.375. The van der Waals surface area contributed by atoms with Gasteiger partial charge in [0.05, 0.1) is 11.1 Å². The number of anilines is 1. The van der Waals surface area contributed by atoms with Crippen molar-refractivity contribution in [2.24, 2.45) is 0 Å². The number of rotatable bonds is 5. The van der Waals surface area contributed by atoms with Crippen LogP contribution in [0.25, 0.3) is 0 Å². The van der Waals surface area contributed by atoms with E-state index in [1.54, 1.807) is 0 Å².